The molecule has 0 saturated heterocycles. The van der Waals surface area contributed by atoms with Crippen LogP contribution in [-0.2, 0) is 0 Å². The molecule has 0 spiro atoms. The maximum atomic E-state index is 12.5. The third-order valence-electron chi connectivity index (χ3n) is 5.88. The van der Waals surface area contributed by atoms with Crippen LogP contribution in [0.1, 0.15) is 44.1 Å². The maximum Gasteiger partial charge on any atom is 0.319 e. The lowest BCUT2D eigenvalue weighted by atomic mass is 9.53. The van der Waals surface area contributed by atoms with Gasteiger partial charge in [0.05, 0.1) is 10.7 Å². The fourth-order valence-electron chi connectivity index (χ4n) is 5.44. The Morgan fingerprint density at radius 2 is 1.73 bits per heavy atom. The van der Waals surface area contributed by atoms with Crippen molar-refractivity contribution in [2.75, 3.05) is 5.32 Å². The standard InChI is InChI=1S/C18H23ClN2O/c1-11-3-2-4-15(19)16(11)20-17(22)21-18-8-12-5-13(9-18)7-14(6-12)10-18/h2-4,12-14H,5-10H2,1H3,(H2,20,21,22). The molecular weight excluding hydrogens is 296 g/mol. The van der Waals surface area contributed by atoms with Gasteiger partial charge in [-0.05, 0) is 74.8 Å². The number of nitrogens with one attached hydrogen (secondary N) is 2. The number of amides is 2. The second kappa shape index (κ2) is 5.16. The number of hydrogen-bond donors (Lipinski definition) is 2. The minimum absolute atomic E-state index is 0.0357. The van der Waals surface area contributed by atoms with Gasteiger partial charge in [0, 0.05) is 5.54 Å². The number of carbonyl (C=O) groups is 1. The van der Waals surface area contributed by atoms with E-state index in [-0.39, 0.29) is 11.6 Å². The first-order valence-corrected chi connectivity index (χ1v) is 8.75. The largest absolute Gasteiger partial charge is 0.332 e. The topological polar surface area (TPSA) is 41.1 Å². The summed E-state index contributed by atoms with van der Waals surface area (Å²) in [6.45, 7) is 1.96. The van der Waals surface area contributed by atoms with Gasteiger partial charge in [-0.25, -0.2) is 4.79 Å². The Bertz CT molecular complexity index is 558. The van der Waals surface area contributed by atoms with Gasteiger partial charge in [-0.2, -0.15) is 0 Å². The number of carbonyl (C=O) groups excluding carboxylic acids is 1. The number of halogens is 1. The van der Waals surface area contributed by atoms with E-state index in [4.69, 9.17) is 11.6 Å². The van der Waals surface area contributed by atoms with Crippen molar-refractivity contribution in [3.8, 4) is 0 Å². The van der Waals surface area contributed by atoms with Gasteiger partial charge in [0.15, 0.2) is 0 Å². The van der Waals surface area contributed by atoms with E-state index in [0.717, 1.165) is 48.3 Å². The molecule has 0 aliphatic heterocycles. The van der Waals surface area contributed by atoms with Crippen LogP contribution in [0.15, 0.2) is 18.2 Å². The van der Waals surface area contributed by atoms with Gasteiger partial charge in [-0.1, -0.05) is 23.7 Å². The smallest absolute Gasteiger partial charge is 0.319 e. The summed E-state index contributed by atoms with van der Waals surface area (Å²) < 4.78 is 0. The second-order valence-corrected chi connectivity index (χ2v) is 8.12. The van der Waals surface area contributed by atoms with Gasteiger partial charge in [0.2, 0.25) is 0 Å². The van der Waals surface area contributed by atoms with Crippen LogP contribution in [0.25, 0.3) is 0 Å². The molecule has 4 heteroatoms. The van der Waals surface area contributed by atoms with E-state index < -0.39 is 0 Å². The highest BCUT2D eigenvalue weighted by Crippen LogP contribution is 2.55. The minimum Gasteiger partial charge on any atom is -0.332 e. The zero-order valence-corrected chi connectivity index (χ0v) is 13.7. The molecule has 1 aromatic rings. The number of aryl methyl sites for hydroxylation is 1. The molecule has 4 bridgehead atoms. The number of benzene rings is 1. The summed E-state index contributed by atoms with van der Waals surface area (Å²) in [6, 6.07) is 5.58. The summed E-state index contributed by atoms with van der Waals surface area (Å²) in [6.07, 6.45) is 7.63. The maximum absolute atomic E-state index is 12.5. The normalized spacial score (nSPS) is 35.5. The quantitative estimate of drug-likeness (QED) is 0.812. The van der Waals surface area contributed by atoms with Crippen molar-refractivity contribution >= 4 is 23.3 Å². The number of para-hydroxylation sites is 1. The van der Waals surface area contributed by atoms with E-state index in [0.29, 0.717) is 5.02 Å². The van der Waals surface area contributed by atoms with E-state index in [2.05, 4.69) is 10.6 Å². The number of urea groups is 1. The van der Waals surface area contributed by atoms with Crippen LogP contribution in [0.4, 0.5) is 10.5 Å². The summed E-state index contributed by atoms with van der Waals surface area (Å²) >= 11 is 6.21. The monoisotopic (exact) mass is 318 g/mol. The molecular formula is C18H23ClN2O. The van der Waals surface area contributed by atoms with Gasteiger partial charge < -0.3 is 10.6 Å². The third kappa shape index (κ3) is 2.50. The number of anilines is 1. The first-order chi connectivity index (χ1) is 10.5. The SMILES string of the molecule is Cc1cccc(Cl)c1NC(=O)NC12CC3CC(CC(C3)C1)C2. The Balaban J connectivity index is 1.48. The Hall–Kier alpha value is -1.22. The number of rotatable bonds is 2. The second-order valence-electron chi connectivity index (χ2n) is 7.71. The fourth-order valence-corrected chi connectivity index (χ4v) is 5.71. The molecule has 2 amide bonds. The molecule has 2 N–H and O–H groups in total. The third-order valence-corrected chi connectivity index (χ3v) is 6.19. The highest BCUT2D eigenvalue weighted by molar-refractivity contribution is 6.33. The molecule has 0 aromatic heterocycles. The summed E-state index contributed by atoms with van der Waals surface area (Å²) in [5.41, 5.74) is 1.76. The summed E-state index contributed by atoms with van der Waals surface area (Å²) in [5.74, 6) is 2.48. The fraction of sp³-hybridized carbons (Fsp3) is 0.611. The summed E-state index contributed by atoms with van der Waals surface area (Å²) in [5, 5.41) is 6.89. The van der Waals surface area contributed by atoms with Crippen LogP contribution >= 0.6 is 11.6 Å². The molecule has 0 heterocycles. The lowest BCUT2D eigenvalue weighted by Crippen LogP contribution is -2.60. The highest BCUT2D eigenvalue weighted by Gasteiger charge is 2.51. The van der Waals surface area contributed by atoms with Crippen LogP contribution in [-0.4, -0.2) is 11.6 Å². The highest BCUT2D eigenvalue weighted by atomic mass is 35.5. The van der Waals surface area contributed by atoms with E-state index >= 15 is 0 Å². The molecule has 4 saturated carbocycles. The minimum atomic E-state index is -0.0989. The number of hydrogen-bond acceptors (Lipinski definition) is 1. The first-order valence-electron chi connectivity index (χ1n) is 8.37. The lowest BCUT2D eigenvalue weighted by Gasteiger charge is -2.56. The van der Waals surface area contributed by atoms with Gasteiger partial charge in [-0.3, -0.25) is 0 Å². The van der Waals surface area contributed by atoms with Crippen molar-refractivity contribution < 1.29 is 4.79 Å². The van der Waals surface area contributed by atoms with Crippen molar-refractivity contribution in [2.45, 2.75) is 51.0 Å². The summed E-state index contributed by atoms with van der Waals surface area (Å²) in [7, 11) is 0. The molecule has 0 radical (unpaired) electrons. The predicted octanol–water partition coefficient (Wildman–Crippen LogP) is 4.74. The average Bonchev–Trinajstić information content (AvgIpc) is 2.41. The van der Waals surface area contributed by atoms with Crippen molar-refractivity contribution in [3.05, 3.63) is 28.8 Å². The van der Waals surface area contributed by atoms with Crippen LogP contribution in [0, 0.1) is 24.7 Å². The van der Waals surface area contributed by atoms with Gasteiger partial charge in [-0.15, -0.1) is 0 Å². The Morgan fingerprint density at radius 1 is 1.14 bits per heavy atom. The molecule has 3 nitrogen and oxygen atoms in total. The molecule has 5 rings (SSSR count). The van der Waals surface area contributed by atoms with Crippen molar-refractivity contribution in [1.82, 2.24) is 5.32 Å². The zero-order chi connectivity index (χ0) is 15.3. The predicted molar refractivity (Wildman–Crippen MR) is 89.2 cm³/mol. The molecule has 1 aromatic carbocycles. The Morgan fingerprint density at radius 3 is 2.27 bits per heavy atom. The molecule has 0 unspecified atom stereocenters. The van der Waals surface area contributed by atoms with Crippen LogP contribution in [0.2, 0.25) is 5.02 Å². The Labute approximate surface area is 136 Å². The van der Waals surface area contributed by atoms with Crippen molar-refractivity contribution in [1.29, 1.82) is 0 Å². The molecule has 4 aliphatic carbocycles. The van der Waals surface area contributed by atoms with Crippen LogP contribution < -0.4 is 10.6 Å². The van der Waals surface area contributed by atoms with Gasteiger partial charge >= 0.3 is 6.03 Å². The zero-order valence-electron chi connectivity index (χ0n) is 13.0. The van der Waals surface area contributed by atoms with Crippen LogP contribution in [0.3, 0.4) is 0 Å². The molecule has 4 fully saturated rings. The average molecular weight is 319 g/mol. The van der Waals surface area contributed by atoms with Crippen molar-refractivity contribution in [2.24, 2.45) is 17.8 Å². The molecule has 0 atom stereocenters. The molecule has 22 heavy (non-hydrogen) atoms. The summed E-state index contributed by atoms with van der Waals surface area (Å²) in [4.78, 5) is 12.5. The molecule has 4 aliphatic rings. The van der Waals surface area contributed by atoms with Crippen molar-refractivity contribution in [3.63, 3.8) is 0 Å². The van der Waals surface area contributed by atoms with Gasteiger partial charge in [0.1, 0.15) is 0 Å². The van der Waals surface area contributed by atoms with E-state index in [1.54, 1.807) is 0 Å². The molecule has 118 valence electrons. The lowest BCUT2D eigenvalue weighted by molar-refractivity contribution is -0.0127. The Kier molecular flexibility index (Phi) is 3.37. The van der Waals surface area contributed by atoms with E-state index in [1.807, 2.05) is 25.1 Å². The van der Waals surface area contributed by atoms with E-state index in [9.17, 15) is 4.79 Å². The first kappa shape index (κ1) is 14.4. The van der Waals surface area contributed by atoms with Gasteiger partial charge in [0.25, 0.3) is 0 Å². The van der Waals surface area contributed by atoms with E-state index in [1.165, 1.54) is 19.3 Å². The van der Waals surface area contributed by atoms with Crippen LogP contribution in [0.5, 0.6) is 0 Å².